The first-order chi connectivity index (χ1) is 20.2. The molecule has 0 spiro atoms. The maximum atomic E-state index is 11.9. The van der Waals surface area contributed by atoms with Crippen molar-refractivity contribution in [3.63, 3.8) is 0 Å². The second-order valence-corrected chi connectivity index (χ2v) is 12.3. The molecule has 1 saturated carbocycles. The lowest BCUT2D eigenvalue weighted by atomic mass is 9.88. The Morgan fingerprint density at radius 3 is 2.36 bits per heavy atom. The molecule has 42 heavy (non-hydrogen) atoms. The van der Waals surface area contributed by atoms with Crippen LogP contribution >= 0.6 is 0 Å². The Morgan fingerprint density at radius 2 is 1.71 bits per heavy atom. The molecule has 3 unspecified atom stereocenters. The molecule has 0 bridgehead atoms. The Kier molecular flexibility index (Phi) is 8.79. The van der Waals surface area contributed by atoms with E-state index in [0.29, 0.717) is 6.61 Å². The summed E-state index contributed by atoms with van der Waals surface area (Å²) < 4.78 is 23.2. The van der Waals surface area contributed by atoms with Crippen LogP contribution in [-0.4, -0.2) is 32.4 Å². The minimum absolute atomic E-state index is 0.0133. The van der Waals surface area contributed by atoms with Crippen molar-refractivity contribution in [1.29, 1.82) is 0 Å². The topological polar surface area (TPSA) is 54.0 Å². The number of carbonyl (C=O) groups is 1. The second-order valence-electron chi connectivity index (χ2n) is 12.3. The van der Waals surface area contributed by atoms with Gasteiger partial charge in [-0.25, -0.2) is 0 Å². The van der Waals surface area contributed by atoms with E-state index in [9.17, 15) is 4.79 Å². The molecule has 0 aromatic heterocycles. The van der Waals surface area contributed by atoms with Crippen LogP contribution in [0.25, 0.3) is 17.2 Å². The highest BCUT2D eigenvalue weighted by molar-refractivity contribution is 5.79. The van der Waals surface area contributed by atoms with Crippen molar-refractivity contribution in [2.75, 3.05) is 20.8 Å². The Balaban J connectivity index is 1.38. The van der Waals surface area contributed by atoms with Crippen molar-refractivity contribution < 1.29 is 23.7 Å². The first-order valence-electron chi connectivity index (χ1n) is 15.1. The molecule has 3 atom stereocenters. The number of allylic oxidation sites excluding steroid dienone is 1. The van der Waals surface area contributed by atoms with E-state index in [1.54, 1.807) is 7.11 Å². The van der Waals surface area contributed by atoms with Gasteiger partial charge < -0.3 is 18.9 Å². The van der Waals surface area contributed by atoms with Crippen LogP contribution in [0.3, 0.4) is 0 Å². The third-order valence-electron chi connectivity index (χ3n) is 8.90. The van der Waals surface area contributed by atoms with Gasteiger partial charge in [0.05, 0.1) is 25.2 Å². The van der Waals surface area contributed by atoms with Crippen LogP contribution in [0.4, 0.5) is 0 Å². The number of ether oxygens (including phenoxy) is 4. The summed E-state index contributed by atoms with van der Waals surface area (Å²) in [6.07, 6.45) is 7.84. The molecular weight excluding hydrogens is 524 g/mol. The van der Waals surface area contributed by atoms with Gasteiger partial charge in [-0.2, -0.15) is 0 Å². The minimum Gasteiger partial charge on any atom is -0.493 e. The number of fused-ring (bicyclic) bond motifs is 1. The largest absolute Gasteiger partial charge is 0.493 e. The van der Waals surface area contributed by atoms with E-state index in [4.69, 9.17) is 18.9 Å². The van der Waals surface area contributed by atoms with E-state index in [1.165, 1.54) is 51.6 Å². The molecule has 2 aliphatic carbocycles. The molecule has 1 fully saturated rings. The van der Waals surface area contributed by atoms with Gasteiger partial charge in [0, 0.05) is 19.1 Å². The highest BCUT2D eigenvalue weighted by Gasteiger charge is 2.44. The average Bonchev–Trinajstić information content (AvgIpc) is 3.66. The molecule has 0 saturated heterocycles. The van der Waals surface area contributed by atoms with E-state index in [2.05, 4.69) is 83.2 Å². The minimum atomic E-state index is -0.204. The zero-order valence-corrected chi connectivity index (χ0v) is 26.1. The van der Waals surface area contributed by atoms with E-state index in [-0.39, 0.29) is 29.5 Å². The van der Waals surface area contributed by atoms with Crippen molar-refractivity contribution in [2.24, 2.45) is 5.92 Å². The Hall–Kier alpha value is -3.57. The molecule has 5 nitrogen and oxygen atoms in total. The summed E-state index contributed by atoms with van der Waals surface area (Å²) in [7, 11) is 3.20. The number of carbonyl (C=O) groups excluding carboxylic acids is 1. The average molecular weight is 569 g/mol. The quantitative estimate of drug-likeness (QED) is 0.217. The van der Waals surface area contributed by atoms with Gasteiger partial charge in [0.1, 0.15) is 17.6 Å². The zero-order chi connectivity index (χ0) is 30.0. The number of esters is 1. The highest BCUT2D eigenvalue weighted by Crippen LogP contribution is 2.49. The van der Waals surface area contributed by atoms with Gasteiger partial charge in [-0.15, -0.1) is 0 Å². The molecule has 2 aliphatic rings. The van der Waals surface area contributed by atoms with Crippen LogP contribution in [-0.2, 0) is 20.7 Å². The number of hydrogen-bond donors (Lipinski definition) is 0. The molecule has 0 N–H and O–H groups in total. The molecule has 3 aromatic rings. The van der Waals surface area contributed by atoms with Gasteiger partial charge >= 0.3 is 5.97 Å². The van der Waals surface area contributed by atoms with Crippen LogP contribution < -0.4 is 9.47 Å². The summed E-state index contributed by atoms with van der Waals surface area (Å²) in [5, 5.41) is 0. The van der Waals surface area contributed by atoms with Crippen LogP contribution in [0, 0.1) is 19.8 Å². The third kappa shape index (κ3) is 6.27. The lowest BCUT2D eigenvalue weighted by Crippen LogP contribution is -2.25. The van der Waals surface area contributed by atoms with Crippen molar-refractivity contribution in [2.45, 2.75) is 77.9 Å². The number of benzene rings is 3. The van der Waals surface area contributed by atoms with Crippen LogP contribution in [0.2, 0.25) is 0 Å². The fourth-order valence-electron chi connectivity index (χ4n) is 6.31. The van der Waals surface area contributed by atoms with E-state index in [0.717, 1.165) is 37.2 Å². The normalized spacial score (nSPS) is 19.5. The summed E-state index contributed by atoms with van der Waals surface area (Å²) in [6, 6.07) is 17.1. The Labute approximate surface area is 250 Å². The zero-order valence-electron chi connectivity index (χ0n) is 26.1. The number of methoxy groups -OCH3 is 2. The lowest BCUT2D eigenvalue weighted by molar-refractivity contribution is -0.142. The molecule has 5 heteroatoms. The Bertz CT molecular complexity index is 1440. The van der Waals surface area contributed by atoms with E-state index in [1.807, 2.05) is 12.1 Å². The van der Waals surface area contributed by atoms with Crippen molar-refractivity contribution >= 4 is 12.0 Å². The summed E-state index contributed by atoms with van der Waals surface area (Å²) in [5.74, 6) is 1.88. The highest BCUT2D eigenvalue weighted by atomic mass is 16.5. The van der Waals surface area contributed by atoms with Crippen LogP contribution in [0.1, 0.15) is 85.4 Å². The smallest absolute Gasteiger partial charge is 0.309 e. The molecule has 222 valence electrons. The van der Waals surface area contributed by atoms with E-state index < -0.39 is 0 Å². The van der Waals surface area contributed by atoms with Gasteiger partial charge in [-0.05, 0) is 123 Å². The maximum Gasteiger partial charge on any atom is 0.309 e. The van der Waals surface area contributed by atoms with E-state index >= 15 is 0 Å². The summed E-state index contributed by atoms with van der Waals surface area (Å²) in [5.41, 5.74) is 9.81. The third-order valence-corrected chi connectivity index (χ3v) is 8.90. The van der Waals surface area contributed by atoms with Crippen molar-refractivity contribution in [3.8, 4) is 22.6 Å². The predicted molar refractivity (Wildman–Crippen MR) is 168 cm³/mol. The van der Waals surface area contributed by atoms with Gasteiger partial charge in [-0.3, -0.25) is 4.79 Å². The van der Waals surface area contributed by atoms with Gasteiger partial charge in [0.25, 0.3) is 0 Å². The fourth-order valence-corrected chi connectivity index (χ4v) is 6.31. The SMILES string of the molecule is CC=Cc1ccc(-c2c(C)cc(OCCC(C)(C)OC)cc2C)c2c1C(Oc1ccc(C3CC3C(=O)OC)cc1)CC2. The molecule has 0 heterocycles. The first-order valence-corrected chi connectivity index (χ1v) is 15.1. The first kappa shape index (κ1) is 29.9. The molecule has 3 aromatic carbocycles. The van der Waals surface area contributed by atoms with Crippen LogP contribution in [0.15, 0.2) is 54.6 Å². The fraction of sp³-hybridized carbons (Fsp3) is 0.432. The number of hydrogen-bond acceptors (Lipinski definition) is 5. The number of rotatable bonds is 11. The lowest BCUT2D eigenvalue weighted by Gasteiger charge is -2.23. The summed E-state index contributed by atoms with van der Waals surface area (Å²) in [6.45, 7) is 11.2. The Morgan fingerprint density at radius 1 is 1.00 bits per heavy atom. The monoisotopic (exact) mass is 568 g/mol. The second kappa shape index (κ2) is 12.3. The molecule has 0 aliphatic heterocycles. The van der Waals surface area contributed by atoms with Crippen molar-refractivity contribution in [1.82, 2.24) is 0 Å². The standard InChI is InChI=1S/C37H44O5/c1-8-9-26-12-15-29(34-23(2)20-28(21-24(34)3)41-19-18-37(4,5)40-7)30-16-17-33(35(26)30)42-27-13-10-25(11-14-27)31-22-32(31)36(38)39-6/h8-15,20-21,31-33H,16-19,22H2,1-7H3. The molecule has 5 rings (SSSR count). The van der Waals surface area contributed by atoms with Gasteiger partial charge in [-0.1, -0.05) is 36.4 Å². The summed E-state index contributed by atoms with van der Waals surface area (Å²) >= 11 is 0. The summed E-state index contributed by atoms with van der Waals surface area (Å²) in [4.78, 5) is 11.9. The van der Waals surface area contributed by atoms with Gasteiger partial charge in [0.2, 0.25) is 0 Å². The van der Waals surface area contributed by atoms with Crippen molar-refractivity contribution in [3.05, 3.63) is 88.0 Å². The molecular formula is C37H44O5. The van der Waals surface area contributed by atoms with Gasteiger partial charge in [0.15, 0.2) is 0 Å². The number of aryl methyl sites for hydroxylation is 2. The molecule has 0 radical (unpaired) electrons. The maximum absolute atomic E-state index is 11.9. The van der Waals surface area contributed by atoms with Crippen LogP contribution in [0.5, 0.6) is 11.5 Å². The predicted octanol–water partition coefficient (Wildman–Crippen LogP) is 8.54. The molecule has 0 amide bonds.